The van der Waals surface area contributed by atoms with Gasteiger partial charge >= 0.3 is 6.03 Å². The Kier molecular flexibility index (Phi) is 7.85. The highest BCUT2D eigenvalue weighted by molar-refractivity contribution is 6.39. The van der Waals surface area contributed by atoms with E-state index in [1.807, 2.05) is 26.0 Å². The summed E-state index contributed by atoms with van der Waals surface area (Å²) in [5.41, 5.74) is 3.97. The second-order valence-corrected chi connectivity index (χ2v) is 9.53. The summed E-state index contributed by atoms with van der Waals surface area (Å²) in [5, 5.41) is 5.46. The van der Waals surface area contributed by atoms with Crippen molar-refractivity contribution in [2.45, 2.75) is 20.8 Å². The third-order valence-electron chi connectivity index (χ3n) is 5.93. The molecule has 1 aliphatic heterocycles. The van der Waals surface area contributed by atoms with E-state index in [9.17, 15) is 19.2 Å². The van der Waals surface area contributed by atoms with Crippen molar-refractivity contribution in [2.75, 3.05) is 16.8 Å². The van der Waals surface area contributed by atoms with Crippen LogP contribution < -0.4 is 20.3 Å². The predicted octanol–water partition coefficient (Wildman–Crippen LogP) is 5.60. The van der Waals surface area contributed by atoms with E-state index in [0.717, 1.165) is 21.6 Å². The van der Waals surface area contributed by atoms with Crippen LogP contribution in [0.4, 0.5) is 16.2 Å². The predicted molar refractivity (Wildman–Crippen MR) is 147 cm³/mol. The molecule has 0 aromatic heterocycles. The van der Waals surface area contributed by atoms with Crippen molar-refractivity contribution in [1.29, 1.82) is 0 Å². The number of carbonyl (C=O) groups excluding carboxylic acids is 4. The first-order chi connectivity index (χ1) is 18.0. The SMILES string of the molecule is Cc1ccc(NC(=O)COc2ccc(/C=C3\C(=O)NC(=O)N(c4ccc(C)c(Cl)c4)C3=O)cc2Cl)cc1C. The summed E-state index contributed by atoms with van der Waals surface area (Å²) in [6, 6.07) is 14.0. The standard InChI is InChI=1S/C28H23Cl2N3O5/c1-15-4-7-19(10-17(15)3)31-25(34)14-38-24-9-6-18(12-23(24)30)11-21-26(35)32-28(37)33(27(21)36)20-8-5-16(2)22(29)13-20/h4-13H,14H2,1-3H3,(H,31,34)(H,32,35,37)/b21-11+. The number of ether oxygens (including phenoxy) is 1. The van der Waals surface area contributed by atoms with E-state index in [1.54, 1.807) is 31.2 Å². The molecular formula is C28H23Cl2N3O5. The molecule has 1 fully saturated rings. The average Bonchev–Trinajstić information content (AvgIpc) is 2.85. The van der Waals surface area contributed by atoms with Gasteiger partial charge in [0, 0.05) is 10.7 Å². The maximum absolute atomic E-state index is 13.1. The molecule has 2 N–H and O–H groups in total. The fourth-order valence-corrected chi connectivity index (χ4v) is 4.08. The van der Waals surface area contributed by atoms with Crippen LogP contribution in [0.5, 0.6) is 5.75 Å². The van der Waals surface area contributed by atoms with Gasteiger partial charge < -0.3 is 10.1 Å². The summed E-state index contributed by atoms with van der Waals surface area (Å²) in [6.45, 7) is 5.45. The number of rotatable bonds is 6. The van der Waals surface area contributed by atoms with Crippen molar-refractivity contribution >= 4 is 64.4 Å². The molecule has 0 bridgehead atoms. The highest BCUT2D eigenvalue weighted by Gasteiger charge is 2.37. The minimum absolute atomic E-state index is 0.167. The highest BCUT2D eigenvalue weighted by Crippen LogP contribution is 2.29. The largest absolute Gasteiger partial charge is 0.482 e. The van der Waals surface area contributed by atoms with Crippen molar-refractivity contribution in [3.05, 3.63) is 92.5 Å². The molecule has 3 aromatic rings. The van der Waals surface area contributed by atoms with E-state index in [-0.39, 0.29) is 34.5 Å². The number of amides is 5. The van der Waals surface area contributed by atoms with E-state index in [1.165, 1.54) is 24.3 Å². The summed E-state index contributed by atoms with van der Waals surface area (Å²) in [5.74, 6) is -1.76. The van der Waals surface area contributed by atoms with Gasteiger partial charge in [0.15, 0.2) is 6.61 Å². The molecule has 0 unspecified atom stereocenters. The Labute approximate surface area is 229 Å². The van der Waals surface area contributed by atoms with E-state index in [4.69, 9.17) is 27.9 Å². The van der Waals surface area contributed by atoms with Gasteiger partial charge in [0.05, 0.1) is 10.7 Å². The number of urea groups is 1. The molecule has 3 aromatic carbocycles. The highest BCUT2D eigenvalue weighted by atomic mass is 35.5. The molecule has 8 nitrogen and oxygen atoms in total. The van der Waals surface area contributed by atoms with E-state index in [0.29, 0.717) is 16.3 Å². The third kappa shape index (κ3) is 5.88. The first kappa shape index (κ1) is 26.9. The van der Waals surface area contributed by atoms with E-state index >= 15 is 0 Å². The fraction of sp³-hybridized carbons (Fsp3) is 0.143. The molecule has 0 atom stereocenters. The average molecular weight is 552 g/mol. The number of benzene rings is 3. The molecule has 0 radical (unpaired) electrons. The van der Waals surface area contributed by atoms with E-state index in [2.05, 4.69) is 10.6 Å². The van der Waals surface area contributed by atoms with Crippen molar-refractivity contribution in [3.63, 3.8) is 0 Å². The molecule has 0 saturated carbocycles. The Bertz CT molecular complexity index is 1520. The van der Waals surface area contributed by atoms with Crippen molar-refractivity contribution < 1.29 is 23.9 Å². The minimum Gasteiger partial charge on any atom is -0.482 e. The normalized spacial score (nSPS) is 14.5. The van der Waals surface area contributed by atoms with Gasteiger partial charge in [-0.05, 0) is 85.5 Å². The second kappa shape index (κ2) is 11.1. The third-order valence-corrected chi connectivity index (χ3v) is 6.63. The first-order valence-electron chi connectivity index (χ1n) is 11.5. The van der Waals surface area contributed by atoms with Gasteiger partial charge in [-0.1, -0.05) is 41.4 Å². The Hall–Kier alpha value is -4.14. The summed E-state index contributed by atoms with van der Waals surface area (Å²) in [4.78, 5) is 51.1. The fourth-order valence-electron chi connectivity index (χ4n) is 3.66. The van der Waals surface area contributed by atoms with Gasteiger partial charge in [-0.3, -0.25) is 19.7 Å². The van der Waals surface area contributed by atoms with Crippen molar-refractivity contribution in [3.8, 4) is 5.75 Å². The maximum Gasteiger partial charge on any atom is 0.335 e. The molecule has 0 spiro atoms. The molecule has 4 rings (SSSR count). The van der Waals surface area contributed by atoms with Crippen LogP contribution >= 0.6 is 23.2 Å². The van der Waals surface area contributed by atoms with Gasteiger partial charge in [0.2, 0.25) is 0 Å². The number of halogens is 2. The topological polar surface area (TPSA) is 105 Å². The van der Waals surface area contributed by atoms with Crippen LogP contribution in [0.2, 0.25) is 10.0 Å². The number of hydrogen-bond donors (Lipinski definition) is 2. The van der Waals surface area contributed by atoms with Crippen molar-refractivity contribution in [2.24, 2.45) is 0 Å². The summed E-state index contributed by atoms with van der Waals surface area (Å²) >= 11 is 12.5. The molecule has 1 aliphatic rings. The number of anilines is 2. The Balaban J connectivity index is 1.48. The number of hydrogen-bond acceptors (Lipinski definition) is 5. The maximum atomic E-state index is 13.1. The summed E-state index contributed by atoms with van der Waals surface area (Å²) in [6.07, 6.45) is 1.31. The van der Waals surface area contributed by atoms with Crippen molar-refractivity contribution in [1.82, 2.24) is 5.32 Å². The molecule has 1 saturated heterocycles. The van der Waals surface area contributed by atoms with Crippen LogP contribution in [-0.2, 0) is 14.4 Å². The lowest BCUT2D eigenvalue weighted by Gasteiger charge is -2.26. The Morgan fingerprint density at radius 3 is 2.34 bits per heavy atom. The zero-order valence-corrected chi connectivity index (χ0v) is 22.2. The number of carbonyl (C=O) groups is 4. The Morgan fingerprint density at radius 2 is 1.66 bits per heavy atom. The molecule has 5 amide bonds. The van der Waals surface area contributed by atoms with Crippen LogP contribution in [0.1, 0.15) is 22.3 Å². The molecular weight excluding hydrogens is 529 g/mol. The van der Waals surface area contributed by atoms with Gasteiger partial charge in [-0.25, -0.2) is 9.69 Å². The molecule has 38 heavy (non-hydrogen) atoms. The molecule has 1 heterocycles. The van der Waals surface area contributed by atoms with Gasteiger partial charge in [0.1, 0.15) is 11.3 Å². The molecule has 194 valence electrons. The smallest absolute Gasteiger partial charge is 0.335 e. The zero-order chi connectivity index (χ0) is 27.6. The monoisotopic (exact) mass is 551 g/mol. The van der Waals surface area contributed by atoms with Gasteiger partial charge in [-0.2, -0.15) is 0 Å². The number of nitrogens with one attached hydrogen (secondary N) is 2. The molecule has 0 aliphatic carbocycles. The van der Waals surface area contributed by atoms with Crippen LogP contribution in [0.15, 0.2) is 60.2 Å². The van der Waals surface area contributed by atoms with Gasteiger partial charge in [-0.15, -0.1) is 0 Å². The number of barbiturate groups is 1. The summed E-state index contributed by atoms with van der Waals surface area (Å²) in [7, 11) is 0. The number of imide groups is 2. The van der Waals surface area contributed by atoms with Crippen LogP contribution in [0, 0.1) is 20.8 Å². The van der Waals surface area contributed by atoms with E-state index < -0.39 is 17.8 Å². The van der Waals surface area contributed by atoms with Crippen LogP contribution in [0.3, 0.4) is 0 Å². The Morgan fingerprint density at radius 1 is 0.921 bits per heavy atom. The lowest BCUT2D eigenvalue weighted by molar-refractivity contribution is -0.122. The zero-order valence-electron chi connectivity index (χ0n) is 20.7. The number of nitrogens with zero attached hydrogens (tertiary/aromatic N) is 1. The first-order valence-corrected chi connectivity index (χ1v) is 12.3. The minimum atomic E-state index is -0.877. The summed E-state index contributed by atoms with van der Waals surface area (Å²) < 4.78 is 5.55. The lowest BCUT2D eigenvalue weighted by Crippen LogP contribution is -2.54. The lowest BCUT2D eigenvalue weighted by atomic mass is 10.1. The van der Waals surface area contributed by atoms with Crippen LogP contribution in [-0.4, -0.2) is 30.4 Å². The second-order valence-electron chi connectivity index (χ2n) is 8.72. The number of aryl methyl sites for hydroxylation is 3. The quantitative estimate of drug-likeness (QED) is 0.306. The van der Waals surface area contributed by atoms with Gasteiger partial charge in [0.25, 0.3) is 17.7 Å². The van der Waals surface area contributed by atoms with Crippen LogP contribution in [0.25, 0.3) is 6.08 Å². The molecule has 10 heteroatoms.